The van der Waals surface area contributed by atoms with Crippen molar-refractivity contribution in [1.29, 1.82) is 0 Å². The summed E-state index contributed by atoms with van der Waals surface area (Å²) in [6.07, 6.45) is 1.05. The third-order valence-corrected chi connectivity index (χ3v) is 1.96. The molecule has 0 aliphatic heterocycles. The van der Waals surface area contributed by atoms with Crippen LogP contribution in [0, 0.1) is 3.70 Å². The zero-order valence-electron chi connectivity index (χ0n) is 6.42. The number of aliphatic hydroxyl groups excluding tert-OH is 1. The first-order valence-electron chi connectivity index (χ1n) is 3.61. The summed E-state index contributed by atoms with van der Waals surface area (Å²) in [7, 11) is 0. The van der Waals surface area contributed by atoms with Crippen molar-refractivity contribution in [3.63, 3.8) is 0 Å². The molecule has 3 nitrogen and oxygen atoms in total. The van der Waals surface area contributed by atoms with Gasteiger partial charge in [-0.25, -0.2) is 0 Å². The number of aryl methyl sites for hydroxylation is 1. The molecule has 4 heteroatoms. The van der Waals surface area contributed by atoms with E-state index in [4.69, 9.17) is 5.11 Å². The van der Waals surface area contributed by atoms with Crippen LogP contribution in [0.2, 0.25) is 0 Å². The third kappa shape index (κ3) is 2.16. The second-order valence-corrected chi connectivity index (χ2v) is 3.44. The Balaban J connectivity index is 2.83. The molecular weight excluding hydrogens is 255 g/mol. The summed E-state index contributed by atoms with van der Waals surface area (Å²) in [6.45, 7) is 3.06. The molecular formula is C7H11IN2O. The number of hydrogen-bond acceptors (Lipinski definition) is 2. The molecule has 0 unspecified atom stereocenters. The fourth-order valence-corrected chi connectivity index (χ4v) is 1.57. The minimum absolute atomic E-state index is 0.0794. The maximum atomic E-state index is 8.89. The Kier molecular flexibility index (Phi) is 3.32. The van der Waals surface area contributed by atoms with Gasteiger partial charge in [-0.1, -0.05) is 6.92 Å². The predicted molar refractivity (Wildman–Crippen MR) is 51.2 cm³/mol. The quantitative estimate of drug-likeness (QED) is 0.839. The maximum Gasteiger partial charge on any atom is 0.123 e. The molecule has 0 bridgehead atoms. The standard InChI is InChI=1S/C7H11IN2O/c1-2-3-10-6(5-11)4-7(8)9-10/h4,11H,2-3,5H2,1H3. The molecule has 0 spiro atoms. The fraction of sp³-hybridized carbons (Fsp3) is 0.571. The van der Waals surface area contributed by atoms with Crippen LogP contribution in [0.25, 0.3) is 0 Å². The molecule has 0 aromatic carbocycles. The largest absolute Gasteiger partial charge is 0.390 e. The Bertz CT molecular complexity index is 234. The molecule has 1 N–H and O–H groups in total. The van der Waals surface area contributed by atoms with E-state index in [1.165, 1.54) is 0 Å². The SMILES string of the molecule is CCCn1nc(I)cc1CO. The van der Waals surface area contributed by atoms with Crippen LogP contribution < -0.4 is 0 Å². The van der Waals surface area contributed by atoms with Gasteiger partial charge in [0.25, 0.3) is 0 Å². The molecule has 0 amide bonds. The normalized spacial score (nSPS) is 10.5. The van der Waals surface area contributed by atoms with E-state index in [-0.39, 0.29) is 6.61 Å². The van der Waals surface area contributed by atoms with Crippen molar-refractivity contribution in [3.8, 4) is 0 Å². The van der Waals surface area contributed by atoms with Crippen LogP contribution in [-0.4, -0.2) is 14.9 Å². The highest BCUT2D eigenvalue weighted by Crippen LogP contribution is 2.07. The Hall–Kier alpha value is -0.100. The fourth-order valence-electron chi connectivity index (χ4n) is 0.953. The van der Waals surface area contributed by atoms with Crippen LogP contribution in [0.3, 0.4) is 0 Å². The first kappa shape index (κ1) is 8.99. The van der Waals surface area contributed by atoms with E-state index in [1.54, 1.807) is 0 Å². The molecule has 1 heterocycles. The smallest absolute Gasteiger partial charge is 0.123 e. The van der Waals surface area contributed by atoms with Crippen molar-refractivity contribution in [1.82, 2.24) is 9.78 Å². The summed E-state index contributed by atoms with van der Waals surface area (Å²) >= 11 is 2.15. The van der Waals surface area contributed by atoms with Crippen molar-refractivity contribution in [3.05, 3.63) is 15.5 Å². The van der Waals surface area contributed by atoms with Crippen LogP contribution in [0.5, 0.6) is 0 Å². The van der Waals surface area contributed by atoms with E-state index in [2.05, 4.69) is 34.6 Å². The van der Waals surface area contributed by atoms with E-state index in [9.17, 15) is 0 Å². The number of aromatic nitrogens is 2. The van der Waals surface area contributed by atoms with Crippen molar-refractivity contribution in [2.45, 2.75) is 26.5 Å². The molecule has 0 fully saturated rings. The Morgan fingerprint density at radius 1 is 1.73 bits per heavy atom. The summed E-state index contributed by atoms with van der Waals surface area (Å²) < 4.78 is 2.79. The predicted octanol–water partition coefficient (Wildman–Crippen LogP) is 1.39. The monoisotopic (exact) mass is 266 g/mol. The van der Waals surface area contributed by atoms with Crippen molar-refractivity contribution >= 4 is 22.6 Å². The first-order valence-corrected chi connectivity index (χ1v) is 4.69. The molecule has 11 heavy (non-hydrogen) atoms. The van der Waals surface area contributed by atoms with Gasteiger partial charge in [0.05, 0.1) is 12.3 Å². The van der Waals surface area contributed by atoms with Crippen LogP contribution >= 0.6 is 22.6 Å². The number of rotatable bonds is 3. The van der Waals surface area contributed by atoms with Gasteiger partial charge >= 0.3 is 0 Å². The molecule has 0 aliphatic rings. The van der Waals surface area contributed by atoms with E-state index >= 15 is 0 Å². The number of nitrogens with zero attached hydrogens (tertiary/aromatic N) is 2. The van der Waals surface area contributed by atoms with Gasteiger partial charge in [-0.05, 0) is 35.1 Å². The molecule has 0 saturated carbocycles. The number of hydrogen-bond donors (Lipinski definition) is 1. The Morgan fingerprint density at radius 3 is 3.00 bits per heavy atom. The minimum Gasteiger partial charge on any atom is -0.390 e. The molecule has 0 aliphatic carbocycles. The second-order valence-electron chi connectivity index (χ2n) is 2.34. The minimum atomic E-state index is 0.0794. The average Bonchev–Trinajstić information content (AvgIpc) is 2.32. The topological polar surface area (TPSA) is 38.0 Å². The van der Waals surface area contributed by atoms with Crippen molar-refractivity contribution in [2.75, 3.05) is 0 Å². The van der Waals surface area contributed by atoms with Crippen LogP contribution in [0.1, 0.15) is 19.0 Å². The van der Waals surface area contributed by atoms with Gasteiger partial charge in [-0.15, -0.1) is 0 Å². The highest BCUT2D eigenvalue weighted by molar-refractivity contribution is 14.1. The Labute approximate surface area is 79.6 Å². The summed E-state index contributed by atoms with van der Waals surface area (Å²) in [5.74, 6) is 0. The zero-order valence-corrected chi connectivity index (χ0v) is 8.58. The third-order valence-electron chi connectivity index (χ3n) is 1.43. The highest BCUT2D eigenvalue weighted by Gasteiger charge is 2.02. The number of aliphatic hydroxyl groups is 1. The highest BCUT2D eigenvalue weighted by atomic mass is 127. The summed E-state index contributed by atoms with van der Waals surface area (Å²) in [4.78, 5) is 0. The molecule has 62 valence electrons. The van der Waals surface area contributed by atoms with Gasteiger partial charge in [-0.2, -0.15) is 5.10 Å². The van der Waals surface area contributed by atoms with Gasteiger partial charge in [-0.3, -0.25) is 4.68 Å². The average molecular weight is 266 g/mol. The van der Waals surface area contributed by atoms with Crippen LogP contribution in [0.4, 0.5) is 0 Å². The zero-order chi connectivity index (χ0) is 8.27. The number of halogens is 1. The van der Waals surface area contributed by atoms with E-state index in [0.29, 0.717) is 0 Å². The molecule has 1 aromatic heterocycles. The molecule has 0 radical (unpaired) electrons. The molecule has 0 saturated heterocycles. The van der Waals surface area contributed by atoms with Crippen molar-refractivity contribution in [2.24, 2.45) is 0 Å². The van der Waals surface area contributed by atoms with Gasteiger partial charge < -0.3 is 5.11 Å². The van der Waals surface area contributed by atoms with Gasteiger partial charge in [0.15, 0.2) is 0 Å². The summed E-state index contributed by atoms with van der Waals surface area (Å²) in [5, 5.41) is 13.1. The van der Waals surface area contributed by atoms with Gasteiger partial charge in [0.1, 0.15) is 3.70 Å². The van der Waals surface area contributed by atoms with Crippen LogP contribution in [0.15, 0.2) is 6.07 Å². The lowest BCUT2D eigenvalue weighted by Gasteiger charge is -2.01. The van der Waals surface area contributed by atoms with E-state index < -0.39 is 0 Å². The van der Waals surface area contributed by atoms with E-state index in [0.717, 1.165) is 22.4 Å². The van der Waals surface area contributed by atoms with Crippen LogP contribution in [-0.2, 0) is 13.2 Å². The summed E-state index contributed by atoms with van der Waals surface area (Å²) in [6, 6.07) is 1.90. The van der Waals surface area contributed by atoms with E-state index in [1.807, 2.05) is 10.7 Å². The second kappa shape index (κ2) is 4.06. The Morgan fingerprint density at radius 2 is 2.45 bits per heavy atom. The lowest BCUT2D eigenvalue weighted by atomic mass is 10.4. The lowest BCUT2D eigenvalue weighted by Crippen LogP contribution is -2.03. The first-order chi connectivity index (χ1) is 5.27. The van der Waals surface area contributed by atoms with Crippen molar-refractivity contribution < 1.29 is 5.11 Å². The molecule has 0 atom stereocenters. The molecule has 1 aromatic rings. The summed E-state index contributed by atoms with van der Waals surface area (Å²) in [5.41, 5.74) is 0.899. The lowest BCUT2D eigenvalue weighted by molar-refractivity contribution is 0.267. The molecule has 1 rings (SSSR count). The maximum absolute atomic E-state index is 8.89. The van der Waals surface area contributed by atoms with Gasteiger partial charge in [0.2, 0.25) is 0 Å². The van der Waals surface area contributed by atoms with Gasteiger partial charge in [0, 0.05) is 6.54 Å².